The first-order valence-corrected chi connectivity index (χ1v) is 11.3. The van der Waals surface area contributed by atoms with Crippen LogP contribution in [-0.4, -0.2) is 52.3 Å². The Morgan fingerprint density at radius 1 is 1.00 bits per heavy atom. The molecule has 2 saturated heterocycles. The quantitative estimate of drug-likeness (QED) is 0.770. The van der Waals surface area contributed by atoms with E-state index in [1.807, 2.05) is 29.2 Å². The van der Waals surface area contributed by atoms with Gasteiger partial charge in [0, 0.05) is 24.7 Å². The monoisotopic (exact) mass is 413 g/mol. The Morgan fingerprint density at radius 3 is 2.55 bits per heavy atom. The van der Waals surface area contributed by atoms with Gasteiger partial charge in [0.1, 0.15) is 0 Å². The van der Waals surface area contributed by atoms with E-state index < -0.39 is 11.8 Å². The van der Waals surface area contributed by atoms with Crippen molar-refractivity contribution in [3.63, 3.8) is 0 Å². The predicted octanol–water partition coefficient (Wildman–Crippen LogP) is 3.11. The van der Waals surface area contributed by atoms with Crippen molar-refractivity contribution in [2.24, 2.45) is 0 Å². The number of amides is 2. The summed E-state index contributed by atoms with van der Waals surface area (Å²) >= 11 is 0. The van der Waals surface area contributed by atoms with Gasteiger partial charge in [-0.15, -0.1) is 0 Å². The van der Waals surface area contributed by atoms with Gasteiger partial charge in [0.15, 0.2) is 0 Å². The fraction of sp³-hybridized carbons (Fsp3) is 0.385. The molecule has 158 valence electrons. The van der Waals surface area contributed by atoms with Gasteiger partial charge in [-0.1, -0.05) is 60.7 Å². The molecule has 3 unspecified atom stereocenters. The number of nitrogens with one attached hydrogen (secondary N) is 1. The number of hydrogen-bond acceptors (Lipinski definition) is 3. The largest absolute Gasteiger partial charge is 0.339 e. The van der Waals surface area contributed by atoms with Crippen LogP contribution >= 0.6 is 0 Å². The highest BCUT2D eigenvalue weighted by Crippen LogP contribution is 2.43. The van der Waals surface area contributed by atoms with E-state index in [0.717, 1.165) is 32.4 Å². The van der Waals surface area contributed by atoms with Gasteiger partial charge in [-0.3, -0.25) is 14.5 Å². The van der Waals surface area contributed by atoms with Crippen LogP contribution in [0.25, 0.3) is 10.8 Å². The minimum atomic E-state index is -0.484. The number of fused-ring (bicyclic) bond motifs is 1. The average molecular weight is 414 g/mol. The Hall–Kier alpha value is -2.92. The van der Waals surface area contributed by atoms with E-state index in [2.05, 4.69) is 53.5 Å². The number of carbonyl (C=O) groups is 2. The van der Waals surface area contributed by atoms with Crippen molar-refractivity contribution in [3.05, 3.63) is 71.8 Å². The zero-order valence-corrected chi connectivity index (χ0v) is 17.8. The molecule has 2 aromatic rings. The lowest BCUT2D eigenvalue weighted by molar-refractivity contribution is -0.158. The molecule has 3 atom stereocenters. The molecule has 0 spiro atoms. The van der Waals surface area contributed by atoms with E-state index in [4.69, 9.17) is 0 Å². The molecule has 6 rings (SSSR count). The highest BCUT2D eigenvalue weighted by molar-refractivity contribution is 6.36. The molecule has 0 saturated carbocycles. The van der Waals surface area contributed by atoms with Crippen molar-refractivity contribution < 1.29 is 9.59 Å². The van der Waals surface area contributed by atoms with Gasteiger partial charge in [-0.05, 0) is 48.1 Å². The smallest absolute Gasteiger partial charge is 0.312 e. The Bertz CT molecular complexity index is 1140. The van der Waals surface area contributed by atoms with Gasteiger partial charge >= 0.3 is 11.8 Å². The van der Waals surface area contributed by atoms with Crippen molar-refractivity contribution in [2.45, 2.75) is 49.9 Å². The second kappa shape index (κ2) is 6.79. The van der Waals surface area contributed by atoms with Gasteiger partial charge < -0.3 is 10.2 Å². The first-order chi connectivity index (χ1) is 15.0. The van der Waals surface area contributed by atoms with E-state index in [-0.39, 0.29) is 17.6 Å². The number of benzene rings is 2. The number of nitrogens with zero attached hydrogens (tertiary/aromatic N) is 2. The van der Waals surface area contributed by atoms with Crippen LogP contribution in [0.5, 0.6) is 0 Å². The van der Waals surface area contributed by atoms with Gasteiger partial charge in [-0.25, -0.2) is 0 Å². The van der Waals surface area contributed by atoms with Crippen molar-refractivity contribution in [1.29, 1.82) is 0 Å². The van der Waals surface area contributed by atoms with Crippen LogP contribution in [0, 0.1) is 0 Å². The number of allylic oxidation sites excluding steroid dienone is 2. The van der Waals surface area contributed by atoms with Crippen LogP contribution in [0.2, 0.25) is 0 Å². The van der Waals surface area contributed by atoms with Gasteiger partial charge in [0.25, 0.3) is 0 Å². The summed E-state index contributed by atoms with van der Waals surface area (Å²) in [5.74, 6) is -0.877. The third kappa shape index (κ3) is 2.79. The summed E-state index contributed by atoms with van der Waals surface area (Å²) in [6.07, 6.45) is 10.7. The van der Waals surface area contributed by atoms with E-state index >= 15 is 0 Å². The normalized spacial score (nSPS) is 29.3. The standard InChI is InChI=1S/C26H27N3O2/c1-26(29-21-11-3-2-10-20(21)27-24(30)25(29)31)12-14-28(15-13-26)22-16-18-8-4-6-17-7-5-9-19(22)23(17)18/h2-11,20-22H,12-16H2,1H3,(H,27,30). The number of rotatable bonds is 2. The zero-order chi connectivity index (χ0) is 21.2. The molecule has 2 amide bonds. The first kappa shape index (κ1) is 18.8. The van der Waals surface area contributed by atoms with E-state index in [0.29, 0.717) is 6.04 Å². The molecule has 2 aliphatic carbocycles. The molecule has 1 N–H and O–H groups in total. The van der Waals surface area contributed by atoms with Crippen LogP contribution in [0.4, 0.5) is 0 Å². The van der Waals surface area contributed by atoms with E-state index in [1.54, 1.807) is 0 Å². The first-order valence-electron chi connectivity index (χ1n) is 11.3. The lowest BCUT2D eigenvalue weighted by atomic mass is 9.82. The highest BCUT2D eigenvalue weighted by atomic mass is 16.2. The summed E-state index contributed by atoms with van der Waals surface area (Å²) in [6.45, 7) is 4.01. The fourth-order valence-corrected chi connectivity index (χ4v) is 6.14. The van der Waals surface area contributed by atoms with Crippen LogP contribution in [-0.2, 0) is 16.0 Å². The third-order valence-electron chi connectivity index (χ3n) is 7.81. The lowest BCUT2D eigenvalue weighted by Crippen LogP contribution is -2.69. The maximum atomic E-state index is 12.9. The summed E-state index contributed by atoms with van der Waals surface area (Å²) in [6, 6.07) is 13.4. The van der Waals surface area contributed by atoms with Crippen LogP contribution in [0.3, 0.4) is 0 Å². The summed E-state index contributed by atoms with van der Waals surface area (Å²) in [5, 5.41) is 5.60. The maximum absolute atomic E-state index is 12.9. The summed E-state index contributed by atoms with van der Waals surface area (Å²) in [5.41, 5.74) is 2.56. The van der Waals surface area contributed by atoms with Crippen LogP contribution in [0.15, 0.2) is 60.7 Å². The Balaban J connectivity index is 1.25. The van der Waals surface area contributed by atoms with Crippen molar-refractivity contribution in [3.8, 4) is 0 Å². The lowest BCUT2D eigenvalue weighted by Gasteiger charge is -2.53. The summed E-state index contributed by atoms with van der Waals surface area (Å²) in [4.78, 5) is 29.8. The maximum Gasteiger partial charge on any atom is 0.312 e. The molecule has 2 heterocycles. The molecular weight excluding hydrogens is 386 g/mol. The van der Waals surface area contributed by atoms with Gasteiger partial charge in [0.05, 0.1) is 12.1 Å². The van der Waals surface area contributed by atoms with Gasteiger partial charge in [-0.2, -0.15) is 0 Å². The molecule has 5 heteroatoms. The Labute approximate surface area is 182 Å². The average Bonchev–Trinajstić information content (AvgIpc) is 3.16. The minimum absolute atomic E-state index is 0.101. The van der Waals surface area contributed by atoms with E-state index in [9.17, 15) is 9.59 Å². The topological polar surface area (TPSA) is 52.7 Å². The molecule has 0 bridgehead atoms. The Kier molecular flexibility index (Phi) is 4.12. The van der Waals surface area contributed by atoms with Crippen molar-refractivity contribution >= 4 is 22.6 Å². The summed E-state index contributed by atoms with van der Waals surface area (Å²) in [7, 11) is 0. The van der Waals surface area contributed by atoms with Crippen molar-refractivity contribution in [1.82, 2.24) is 15.1 Å². The number of piperidine rings is 1. The summed E-state index contributed by atoms with van der Waals surface area (Å²) < 4.78 is 0. The Morgan fingerprint density at radius 2 is 1.74 bits per heavy atom. The number of hydrogen-bond donors (Lipinski definition) is 1. The SMILES string of the molecule is CC1(N2C(=O)C(=O)NC3C=CC=CC32)CCN(C2Cc3cccc4cccc2c34)CC1. The predicted molar refractivity (Wildman–Crippen MR) is 120 cm³/mol. The number of likely N-dealkylation sites (tertiary alicyclic amines) is 1. The molecular formula is C26H27N3O2. The minimum Gasteiger partial charge on any atom is -0.339 e. The van der Waals surface area contributed by atoms with Crippen LogP contribution < -0.4 is 5.32 Å². The third-order valence-corrected chi connectivity index (χ3v) is 7.81. The molecule has 2 fully saturated rings. The zero-order valence-electron chi connectivity index (χ0n) is 17.8. The number of piperazine rings is 1. The molecule has 4 aliphatic rings. The molecule has 0 aromatic heterocycles. The molecule has 0 radical (unpaired) electrons. The molecule has 2 aromatic carbocycles. The second-order valence-electron chi connectivity index (χ2n) is 9.55. The van der Waals surface area contributed by atoms with Crippen LogP contribution in [0.1, 0.15) is 36.9 Å². The van der Waals surface area contributed by atoms with E-state index in [1.165, 1.54) is 21.9 Å². The number of carbonyl (C=O) groups excluding carboxylic acids is 2. The molecule has 5 nitrogen and oxygen atoms in total. The highest BCUT2D eigenvalue weighted by Gasteiger charge is 2.49. The second-order valence-corrected chi connectivity index (χ2v) is 9.55. The molecule has 31 heavy (non-hydrogen) atoms. The van der Waals surface area contributed by atoms with Crippen molar-refractivity contribution in [2.75, 3.05) is 13.1 Å². The molecule has 2 aliphatic heterocycles. The van der Waals surface area contributed by atoms with Gasteiger partial charge in [0.2, 0.25) is 0 Å². The fourth-order valence-electron chi connectivity index (χ4n) is 6.14.